The van der Waals surface area contributed by atoms with Gasteiger partial charge >= 0.3 is 0 Å². The number of para-hydroxylation sites is 2. The van der Waals surface area contributed by atoms with E-state index >= 15 is 0 Å². The van der Waals surface area contributed by atoms with Crippen LogP contribution in [0, 0.1) is 0 Å². The first-order valence-corrected chi connectivity index (χ1v) is 15.5. The summed E-state index contributed by atoms with van der Waals surface area (Å²) in [4.78, 5) is 4.65. The lowest BCUT2D eigenvalue weighted by atomic mass is 10.0. The van der Waals surface area contributed by atoms with Crippen molar-refractivity contribution in [1.29, 1.82) is 0 Å². The van der Waals surface area contributed by atoms with Crippen molar-refractivity contribution in [2.75, 3.05) is 0 Å². The van der Waals surface area contributed by atoms with Crippen LogP contribution in [0.1, 0.15) is 0 Å². The Labute approximate surface area is 266 Å². The van der Waals surface area contributed by atoms with Crippen LogP contribution in [0.3, 0.4) is 0 Å². The van der Waals surface area contributed by atoms with Gasteiger partial charge in [-0.2, -0.15) is 0 Å². The number of hydrogen-bond donors (Lipinski definition) is 0. The van der Waals surface area contributed by atoms with Gasteiger partial charge in [-0.3, -0.25) is 0 Å². The van der Waals surface area contributed by atoms with Crippen LogP contribution in [0.15, 0.2) is 174 Å². The van der Waals surface area contributed by atoms with Crippen LogP contribution >= 0.6 is 0 Å². The largest absolute Gasteiger partial charge is 0.436 e. The van der Waals surface area contributed by atoms with E-state index in [1.54, 1.807) is 0 Å². The Bertz CT molecular complexity index is 2360. The molecule has 0 fully saturated rings. The van der Waals surface area contributed by atoms with E-state index in [9.17, 15) is 0 Å². The number of nitrogens with zero attached hydrogens (tertiary/aromatic N) is 2. The second-order valence-electron chi connectivity index (χ2n) is 11.6. The van der Waals surface area contributed by atoms with Crippen LogP contribution in [0.25, 0.3) is 83.4 Å². The van der Waals surface area contributed by atoms with Crippen LogP contribution in [0.5, 0.6) is 0 Å². The number of rotatable bonds is 5. The van der Waals surface area contributed by atoms with Gasteiger partial charge < -0.3 is 8.98 Å². The molecule has 9 rings (SSSR count). The van der Waals surface area contributed by atoms with Crippen molar-refractivity contribution in [3.8, 4) is 50.5 Å². The lowest BCUT2D eigenvalue weighted by molar-refractivity contribution is 0.620. The molecule has 0 N–H and O–H groups in total. The molecule has 0 atom stereocenters. The molecular formula is C43H28N2O. The minimum Gasteiger partial charge on any atom is -0.436 e. The zero-order valence-corrected chi connectivity index (χ0v) is 25.0. The number of benzene rings is 7. The molecule has 3 heteroatoms. The van der Waals surface area contributed by atoms with Gasteiger partial charge in [0.15, 0.2) is 5.58 Å². The molecule has 46 heavy (non-hydrogen) atoms. The molecule has 0 aliphatic carbocycles. The number of fused-ring (bicyclic) bond motifs is 4. The zero-order valence-electron chi connectivity index (χ0n) is 25.0. The van der Waals surface area contributed by atoms with Gasteiger partial charge in [-0.15, -0.1) is 0 Å². The van der Waals surface area contributed by atoms with E-state index in [0.717, 1.165) is 33.5 Å². The molecule has 0 aliphatic heterocycles. The van der Waals surface area contributed by atoms with E-state index in [0.29, 0.717) is 5.89 Å². The van der Waals surface area contributed by atoms with E-state index in [1.165, 1.54) is 44.1 Å². The molecule has 0 saturated carbocycles. The highest BCUT2D eigenvalue weighted by Crippen LogP contribution is 2.37. The maximum Gasteiger partial charge on any atom is 0.227 e. The lowest BCUT2D eigenvalue weighted by Gasteiger charge is -2.10. The third-order valence-corrected chi connectivity index (χ3v) is 8.86. The van der Waals surface area contributed by atoms with Crippen molar-refractivity contribution < 1.29 is 4.42 Å². The number of hydrogen-bond acceptors (Lipinski definition) is 2. The van der Waals surface area contributed by atoms with Gasteiger partial charge in [0.2, 0.25) is 5.89 Å². The summed E-state index contributed by atoms with van der Waals surface area (Å²) in [6.45, 7) is 0. The predicted octanol–water partition coefficient (Wildman–Crippen LogP) is 11.6. The summed E-state index contributed by atoms with van der Waals surface area (Å²) in [6, 6.07) is 60.0. The Morgan fingerprint density at radius 3 is 1.41 bits per heavy atom. The number of oxazole rings is 1. The van der Waals surface area contributed by atoms with Crippen molar-refractivity contribution in [2.24, 2.45) is 0 Å². The predicted molar refractivity (Wildman–Crippen MR) is 190 cm³/mol. The Hall–Kier alpha value is -6.19. The summed E-state index contributed by atoms with van der Waals surface area (Å²) in [6.07, 6.45) is 0. The average Bonchev–Trinajstić information content (AvgIpc) is 3.71. The molecular weight excluding hydrogens is 560 g/mol. The van der Waals surface area contributed by atoms with E-state index in [1.807, 2.05) is 24.3 Å². The second-order valence-corrected chi connectivity index (χ2v) is 11.6. The molecule has 0 spiro atoms. The highest BCUT2D eigenvalue weighted by Gasteiger charge is 2.15. The molecule has 0 radical (unpaired) electrons. The normalized spacial score (nSPS) is 11.5. The molecule has 2 heterocycles. The highest BCUT2D eigenvalue weighted by molar-refractivity contribution is 6.11. The van der Waals surface area contributed by atoms with Crippen molar-refractivity contribution in [3.63, 3.8) is 0 Å². The SMILES string of the molecule is c1ccc(-c2ccc3c(c2)c2cc(-c4ccccc4)ccc2n3-c2ccc(-c3ccc(-c4nc5ccccc5o4)cc3)cc2)cc1. The molecule has 0 amide bonds. The molecule has 3 nitrogen and oxygen atoms in total. The summed E-state index contributed by atoms with van der Waals surface area (Å²) >= 11 is 0. The Balaban J connectivity index is 1.12. The zero-order chi connectivity index (χ0) is 30.5. The third kappa shape index (κ3) is 4.49. The van der Waals surface area contributed by atoms with E-state index < -0.39 is 0 Å². The van der Waals surface area contributed by atoms with E-state index in [2.05, 4.69) is 155 Å². The van der Waals surface area contributed by atoms with Crippen LogP contribution < -0.4 is 0 Å². The average molecular weight is 589 g/mol. The van der Waals surface area contributed by atoms with E-state index in [4.69, 9.17) is 4.42 Å². The standard InChI is InChI=1S/C43H28N2O/c1-3-9-29(10-4-1)34-21-25-40-37(27-34)38-28-35(30-11-5-2-6-12-30)22-26-41(38)45(40)36-23-19-32(20-24-36)31-15-17-33(18-16-31)43-44-39-13-7-8-14-42(39)46-43/h1-28H. The van der Waals surface area contributed by atoms with Crippen LogP contribution in [-0.4, -0.2) is 9.55 Å². The highest BCUT2D eigenvalue weighted by atomic mass is 16.3. The first-order valence-electron chi connectivity index (χ1n) is 15.5. The molecule has 2 aromatic heterocycles. The van der Waals surface area contributed by atoms with Gasteiger partial charge in [0.05, 0.1) is 11.0 Å². The fourth-order valence-corrected chi connectivity index (χ4v) is 6.53. The van der Waals surface area contributed by atoms with Crippen molar-refractivity contribution in [2.45, 2.75) is 0 Å². The van der Waals surface area contributed by atoms with Gasteiger partial charge in [-0.05, 0) is 94.0 Å². The maximum absolute atomic E-state index is 5.98. The summed E-state index contributed by atoms with van der Waals surface area (Å²) in [7, 11) is 0. The van der Waals surface area contributed by atoms with Crippen LogP contribution in [0.2, 0.25) is 0 Å². The third-order valence-electron chi connectivity index (χ3n) is 8.86. The van der Waals surface area contributed by atoms with Crippen molar-refractivity contribution >= 4 is 32.9 Å². The van der Waals surface area contributed by atoms with Gasteiger partial charge in [0.25, 0.3) is 0 Å². The molecule has 0 unspecified atom stereocenters. The fourth-order valence-electron chi connectivity index (χ4n) is 6.53. The van der Waals surface area contributed by atoms with Crippen molar-refractivity contribution in [3.05, 3.63) is 170 Å². The van der Waals surface area contributed by atoms with Crippen molar-refractivity contribution in [1.82, 2.24) is 9.55 Å². The first kappa shape index (κ1) is 26.2. The van der Waals surface area contributed by atoms with Crippen LogP contribution in [0.4, 0.5) is 0 Å². The summed E-state index contributed by atoms with van der Waals surface area (Å²) < 4.78 is 8.36. The second kappa shape index (κ2) is 10.8. The van der Waals surface area contributed by atoms with Gasteiger partial charge in [-0.25, -0.2) is 4.98 Å². The van der Waals surface area contributed by atoms with Gasteiger partial charge in [0, 0.05) is 22.0 Å². The molecule has 0 saturated heterocycles. The summed E-state index contributed by atoms with van der Waals surface area (Å²) in [5.74, 6) is 0.639. The Kier molecular flexibility index (Phi) is 6.14. The maximum atomic E-state index is 5.98. The fraction of sp³-hybridized carbons (Fsp3) is 0. The molecule has 7 aromatic carbocycles. The van der Waals surface area contributed by atoms with Gasteiger partial charge in [0.1, 0.15) is 5.52 Å². The Morgan fingerprint density at radius 2 is 0.848 bits per heavy atom. The number of aromatic nitrogens is 2. The molecule has 0 aliphatic rings. The topological polar surface area (TPSA) is 31.0 Å². The molecule has 216 valence electrons. The van der Waals surface area contributed by atoms with E-state index in [-0.39, 0.29) is 0 Å². The minimum atomic E-state index is 0.639. The quantitative estimate of drug-likeness (QED) is 0.200. The summed E-state index contributed by atoms with van der Waals surface area (Å²) in [5.41, 5.74) is 13.3. The monoisotopic (exact) mass is 588 g/mol. The smallest absolute Gasteiger partial charge is 0.227 e. The lowest BCUT2D eigenvalue weighted by Crippen LogP contribution is -1.94. The Morgan fingerprint density at radius 1 is 0.391 bits per heavy atom. The minimum absolute atomic E-state index is 0.639. The summed E-state index contributed by atoms with van der Waals surface area (Å²) in [5, 5.41) is 2.49. The van der Waals surface area contributed by atoms with Crippen LogP contribution in [-0.2, 0) is 0 Å². The molecule has 0 bridgehead atoms. The molecule has 9 aromatic rings. The van der Waals surface area contributed by atoms with Gasteiger partial charge in [-0.1, -0.05) is 109 Å². The first-order chi connectivity index (χ1) is 22.8.